The van der Waals surface area contributed by atoms with Gasteiger partial charge in [-0.25, -0.2) is 4.39 Å². The first-order valence-electron chi connectivity index (χ1n) is 10.7. The summed E-state index contributed by atoms with van der Waals surface area (Å²) in [6.45, 7) is 7.48. The van der Waals surface area contributed by atoms with Gasteiger partial charge in [0.05, 0.1) is 0 Å². The second kappa shape index (κ2) is 10.5. The van der Waals surface area contributed by atoms with Gasteiger partial charge in [-0.05, 0) is 54.8 Å². The second-order valence-corrected chi connectivity index (χ2v) is 7.92. The van der Waals surface area contributed by atoms with Gasteiger partial charge in [0.1, 0.15) is 17.7 Å². The highest BCUT2D eigenvalue weighted by molar-refractivity contribution is 5.94. The van der Waals surface area contributed by atoms with Crippen LogP contribution in [0.15, 0.2) is 42.5 Å². The quantitative estimate of drug-likeness (QED) is 0.693. The molecule has 0 saturated carbocycles. The van der Waals surface area contributed by atoms with E-state index in [9.17, 15) is 9.18 Å². The summed E-state index contributed by atoms with van der Waals surface area (Å²) in [7, 11) is 1.61. The van der Waals surface area contributed by atoms with E-state index in [1.54, 1.807) is 50.4 Å². The monoisotopic (exact) mass is 413 g/mol. The van der Waals surface area contributed by atoms with Crippen molar-refractivity contribution in [3.05, 3.63) is 65.0 Å². The van der Waals surface area contributed by atoms with Crippen LogP contribution in [0, 0.1) is 12.7 Å². The molecule has 0 aromatic heterocycles. The number of aryl methyl sites for hydroxylation is 1. The van der Waals surface area contributed by atoms with Crippen LogP contribution in [0.1, 0.15) is 47.4 Å². The molecule has 30 heavy (non-hydrogen) atoms. The number of hydrogen-bond acceptors (Lipinski definition) is 4. The lowest BCUT2D eigenvalue weighted by Crippen LogP contribution is -2.51. The maximum atomic E-state index is 14.3. The first-order valence-corrected chi connectivity index (χ1v) is 10.7. The summed E-state index contributed by atoms with van der Waals surface area (Å²) >= 11 is 0. The van der Waals surface area contributed by atoms with E-state index in [4.69, 9.17) is 4.74 Å². The standard InChI is InChI=1S/C24H32FN3O2/c1-4-5-20-15-28(13-12-27-20)16-23(19-7-6-17(2)22(25)14-19)30-21-10-8-18(9-11-21)24(29)26-3/h6-11,14,20,23,27H,4-5,12-13,15-16H2,1-3H3,(H,26,29)/t20-,23+/m0/s1. The predicted octanol–water partition coefficient (Wildman–Crippen LogP) is 3.69. The van der Waals surface area contributed by atoms with Gasteiger partial charge in [-0.2, -0.15) is 0 Å². The van der Waals surface area contributed by atoms with Crippen molar-refractivity contribution in [1.82, 2.24) is 15.5 Å². The van der Waals surface area contributed by atoms with Gasteiger partial charge in [0, 0.05) is 44.8 Å². The van der Waals surface area contributed by atoms with Crippen LogP contribution in [0.4, 0.5) is 4.39 Å². The minimum Gasteiger partial charge on any atom is -0.484 e. The maximum absolute atomic E-state index is 14.3. The van der Waals surface area contributed by atoms with Crippen molar-refractivity contribution >= 4 is 5.91 Å². The van der Waals surface area contributed by atoms with E-state index in [1.165, 1.54) is 0 Å². The van der Waals surface area contributed by atoms with Crippen LogP contribution in [0.2, 0.25) is 0 Å². The molecular weight excluding hydrogens is 381 g/mol. The van der Waals surface area contributed by atoms with Crippen LogP contribution in [-0.4, -0.2) is 50.1 Å². The summed E-state index contributed by atoms with van der Waals surface area (Å²) in [4.78, 5) is 14.2. The molecule has 2 N–H and O–H groups in total. The Hall–Kier alpha value is -2.44. The Kier molecular flexibility index (Phi) is 7.82. The lowest BCUT2D eigenvalue weighted by atomic mass is 10.0. The van der Waals surface area contributed by atoms with Gasteiger partial charge in [0.2, 0.25) is 0 Å². The fourth-order valence-electron chi connectivity index (χ4n) is 3.85. The average Bonchev–Trinajstić information content (AvgIpc) is 2.76. The van der Waals surface area contributed by atoms with Gasteiger partial charge >= 0.3 is 0 Å². The van der Waals surface area contributed by atoms with E-state index in [1.807, 2.05) is 6.07 Å². The number of rotatable bonds is 8. The van der Waals surface area contributed by atoms with Crippen LogP contribution < -0.4 is 15.4 Å². The number of nitrogens with one attached hydrogen (secondary N) is 2. The third kappa shape index (κ3) is 5.80. The number of carbonyl (C=O) groups is 1. The Balaban J connectivity index is 1.78. The molecule has 0 aliphatic carbocycles. The number of piperazine rings is 1. The first kappa shape index (κ1) is 22.2. The molecule has 1 saturated heterocycles. The topological polar surface area (TPSA) is 53.6 Å². The van der Waals surface area contributed by atoms with E-state index < -0.39 is 0 Å². The van der Waals surface area contributed by atoms with Crippen LogP contribution in [0.5, 0.6) is 5.75 Å². The zero-order valence-electron chi connectivity index (χ0n) is 18.1. The molecule has 1 aliphatic rings. The third-order valence-electron chi connectivity index (χ3n) is 5.59. The SMILES string of the molecule is CCC[C@H]1CN(C[C@@H](Oc2ccc(C(=O)NC)cc2)c2ccc(C)c(F)c2)CCN1. The zero-order valence-corrected chi connectivity index (χ0v) is 18.1. The van der Waals surface area contributed by atoms with Gasteiger partial charge in [-0.1, -0.05) is 25.5 Å². The smallest absolute Gasteiger partial charge is 0.251 e. The Morgan fingerprint density at radius 3 is 2.73 bits per heavy atom. The summed E-state index contributed by atoms with van der Waals surface area (Å²) in [5, 5.41) is 6.18. The minimum absolute atomic E-state index is 0.138. The largest absolute Gasteiger partial charge is 0.484 e. The molecule has 1 fully saturated rings. The van der Waals surface area contributed by atoms with Crippen molar-refractivity contribution in [2.24, 2.45) is 0 Å². The van der Waals surface area contributed by atoms with E-state index in [2.05, 4.69) is 22.5 Å². The summed E-state index contributed by atoms with van der Waals surface area (Å²) in [6.07, 6.45) is 1.99. The van der Waals surface area contributed by atoms with Gasteiger partial charge in [0.25, 0.3) is 5.91 Å². The van der Waals surface area contributed by atoms with E-state index in [0.717, 1.165) is 38.0 Å². The Bertz CT molecular complexity index is 839. The molecule has 6 heteroatoms. The van der Waals surface area contributed by atoms with Gasteiger partial charge in [-0.3, -0.25) is 9.69 Å². The second-order valence-electron chi connectivity index (χ2n) is 7.92. The number of amides is 1. The van der Waals surface area contributed by atoms with Crippen LogP contribution in [0.25, 0.3) is 0 Å². The van der Waals surface area contributed by atoms with E-state index in [-0.39, 0.29) is 17.8 Å². The average molecular weight is 414 g/mol. The lowest BCUT2D eigenvalue weighted by Gasteiger charge is -2.36. The number of carbonyl (C=O) groups excluding carboxylic acids is 1. The molecule has 2 atom stereocenters. The number of nitrogens with zero attached hydrogens (tertiary/aromatic N) is 1. The van der Waals surface area contributed by atoms with Crippen molar-refractivity contribution in [3.8, 4) is 5.75 Å². The molecule has 2 aromatic carbocycles. The zero-order chi connectivity index (χ0) is 21.5. The molecule has 0 bridgehead atoms. The highest BCUT2D eigenvalue weighted by Gasteiger charge is 2.24. The molecule has 2 aromatic rings. The van der Waals surface area contributed by atoms with Gasteiger partial charge in [-0.15, -0.1) is 0 Å². The molecule has 1 heterocycles. The molecule has 0 spiro atoms. The lowest BCUT2D eigenvalue weighted by molar-refractivity contribution is 0.0962. The predicted molar refractivity (Wildman–Crippen MR) is 117 cm³/mol. The summed E-state index contributed by atoms with van der Waals surface area (Å²) in [5.41, 5.74) is 2.02. The molecule has 0 radical (unpaired) electrons. The number of halogens is 1. The Morgan fingerprint density at radius 1 is 1.30 bits per heavy atom. The highest BCUT2D eigenvalue weighted by atomic mass is 19.1. The summed E-state index contributed by atoms with van der Waals surface area (Å²) < 4.78 is 20.6. The summed E-state index contributed by atoms with van der Waals surface area (Å²) in [6, 6.07) is 12.9. The molecule has 0 unspecified atom stereocenters. The third-order valence-corrected chi connectivity index (χ3v) is 5.59. The normalized spacial score (nSPS) is 18.1. The van der Waals surface area contributed by atoms with Crippen LogP contribution >= 0.6 is 0 Å². The molecule has 1 aliphatic heterocycles. The Labute approximate surface area is 178 Å². The Morgan fingerprint density at radius 2 is 2.07 bits per heavy atom. The molecular formula is C24H32FN3O2. The first-order chi connectivity index (χ1) is 14.5. The van der Waals surface area contributed by atoms with Crippen molar-refractivity contribution in [2.75, 3.05) is 33.2 Å². The van der Waals surface area contributed by atoms with Crippen molar-refractivity contribution in [2.45, 2.75) is 38.8 Å². The molecule has 3 rings (SSSR count). The van der Waals surface area contributed by atoms with Crippen LogP contribution in [0.3, 0.4) is 0 Å². The van der Waals surface area contributed by atoms with Gasteiger partial charge < -0.3 is 15.4 Å². The van der Waals surface area contributed by atoms with Crippen molar-refractivity contribution in [3.63, 3.8) is 0 Å². The van der Waals surface area contributed by atoms with Crippen molar-refractivity contribution in [1.29, 1.82) is 0 Å². The molecule has 1 amide bonds. The molecule has 162 valence electrons. The minimum atomic E-state index is -0.300. The van der Waals surface area contributed by atoms with E-state index in [0.29, 0.717) is 29.5 Å². The number of hydrogen-bond donors (Lipinski definition) is 2. The van der Waals surface area contributed by atoms with Gasteiger partial charge in [0.15, 0.2) is 0 Å². The number of benzene rings is 2. The fourth-order valence-corrected chi connectivity index (χ4v) is 3.85. The van der Waals surface area contributed by atoms with Crippen molar-refractivity contribution < 1.29 is 13.9 Å². The number of ether oxygens (including phenoxy) is 1. The fraction of sp³-hybridized carbons (Fsp3) is 0.458. The highest BCUT2D eigenvalue weighted by Crippen LogP contribution is 2.26. The van der Waals surface area contributed by atoms with Crippen LogP contribution in [-0.2, 0) is 0 Å². The van der Waals surface area contributed by atoms with E-state index >= 15 is 0 Å². The molecule has 5 nitrogen and oxygen atoms in total. The summed E-state index contributed by atoms with van der Waals surface area (Å²) in [5.74, 6) is 0.301. The maximum Gasteiger partial charge on any atom is 0.251 e.